The number of carbonyl (C=O) groups is 1. The molecular formula is C31H34NO3P. The number of phenolic OH excluding ortho intramolecular Hbond substituents is 2. The second-order valence-electron chi connectivity index (χ2n) is 9.13. The first kappa shape index (κ1) is 25.5. The Hall–Kier alpha value is -3.62. The van der Waals surface area contributed by atoms with Crippen LogP contribution in [0.1, 0.15) is 36.0 Å². The SMILES string of the molecule is O=C(NCCCCCC[PH](c1ccccc1)(c1ccccc1)c1ccccc1)c1ccc(O)c(O)c1. The van der Waals surface area contributed by atoms with Crippen molar-refractivity contribution in [2.75, 3.05) is 12.7 Å². The van der Waals surface area contributed by atoms with Gasteiger partial charge in [-0.05, 0) is 0 Å². The van der Waals surface area contributed by atoms with E-state index in [1.165, 1.54) is 34.1 Å². The normalized spacial score (nSPS) is 11.7. The molecule has 36 heavy (non-hydrogen) atoms. The van der Waals surface area contributed by atoms with Crippen LogP contribution in [0.5, 0.6) is 11.5 Å². The van der Waals surface area contributed by atoms with Crippen LogP contribution in [0.3, 0.4) is 0 Å². The van der Waals surface area contributed by atoms with E-state index in [-0.39, 0.29) is 17.4 Å². The van der Waals surface area contributed by atoms with Crippen LogP contribution in [0.25, 0.3) is 0 Å². The third-order valence-electron chi connectivity index (χ3n) is 6.80. The fourth-order valence-electron chi connectivity index (χ4n) is 4.94. The Morgan fingerprint density at radius 2 is 1.11 bits per heavy atom. The standard InChI is InChI=1S/C31H34NO3P/c33-29-21-20-25(24-30(29)34)31(35)32-22-12-1-2-13-23-36(26-14-6-3-7-15-26,27-16-8-4-9-17-27)28-18-10-5-11-19-28/h3-11,14-21,24,33-34,36H,1-2,12-13,22-23H2,(H,32,35). The van der Waals surface area contributed by atoms with Gasteiger partial charge in [0.1, 0.15) is 0 Å². The van der Waals surface area contributed by atoms with E-state index in [1.54, 1.807) is 0 Å². The Morgan fingerprint density at radius 1 is 0.611 bits per heavy atom. The molecule has 0 saturated carbocycles. The molecule has 5 heteroatoms. The van der Waals surface area contributed by atoms with Gasteiger partial charge in [0.15, 0.2) is 0 Å². The fraction of sp³-hybridized carbons (Fsp3) is 0.194. The summed E-state index contributed by atoms with van der Waals surface area (Å²) < 4.78 is 0. The number of rotatable bonds is 11. The summed E-state index contributed by atoms with van der Waals surface area (Å²) in [6.07, 6.45) is 5.27. The van der Waals surface area contributed by atoms with Crippen LogP contribution in [0.4, 0.5) is 0 Å². The second kappa shape index (κ2) is 12.4. The Kier molecular flexibility index (Phi) is 8.76. The van der Waals surface area contributed by atoms with Gasteiger partial charge in [-0.3, -0.25) is 0 Å². The van der Waals surface area contributed by atoms with Crippen molar-refractivity contribution >= 4 is 29.1 Å². The van der Waals surface area contributed by atoms with Crippen molar-refractivity contribution < 1.29 is 15.0 Å². The van der Waals surface area contributed by atoms with Crippen LogP contribution in [-0.2, 0) is 0 Å². The predicted octanol–water partition coefficient (Wildman–Crippen LogP) is 5.11. The molecule has 0 fully saturated rings. The van der Waals surface area contributed by atoms with E-state index >= 15 is 0 Å². The predicted molar refractivity (Wildman–Crippen MR) is 152 cm³/mol. The molecule has 0 unspecified atom stereocenters. The van der Waals surface area contributed by atoms with E-state index < -0.39 is 7.26 Å². The van der Waals surface area contributed by atoms with Gasteiger partial charge < -0.3 is 5.11 Å². The molecule has 4 rings (SSSR count). The zero-order valence-corrected chi connectivity index (χ0v) is 21.4. The van der Waals surface area contributed by atoms with Crippen LogP contribution in [0.15, 0.2) is 109 Å². The van der Waals surface area contributed by atoms with Crippen molar-refractivity contribution in [1.29, 1.82) is 0 Å². The summed E-state index contributed by atoms with van der Waals surface area (Å²) in [7, 11) is -2.18. The number of amides is 1. The molecule has 0 heterocycles. The first-order valence-corrected chi connectivity index (χ1v) is 14.8. The molecule has 0 spiro atoms. The molecule has 0 atom stereocenters. The summed E-state index contributed by atoms with van der Waals surface area (Å²) in [4.78, 5) is 12.3. The molecule has 0 aliphatic heterocycles. The number of nitrogens with one attached hydrogen (secondary N) is 1. The number of benzene rings is 4. The van der Waals surface area contributed by atoms with Gasteiger partial charge >= 0.3 is 209 Å². The molecule has 1 amide bonds. The number of unbranched alkanes of at least 4 members (excludes halogenated alkanes) is 3. The number of hydrogen-bond donors (Lipinski definition) is 3. The molecule has 0 aliphatic carbocycles. The second-order valence-corrected chi connectivity index (χ2v) is 13.2. The zero-order chi connectivity index (χ0) is 25.2. The van der Waals surface area contributed by atoms with Crippen LogP contribution in [0, 0.1) is 0 Å². The Balaban J connectivity index is 1.40. The molecule has 186 valence electrons. The molecular weight excluding hydrogens is 465 g/mol. The van der Waals surface area contributed by atoms with Crippen LogP contribution >= 0.6 is 7.26 Å². The topological polar surface area (TPSA) is 69.6 Å². The number of phenols is 2. The molecule has 4 aromatic rings. The number of hydrogen-bond acceptors (Lipinski definition) is 3. The summed E-state index contributed by atoms with van der Waals surface area (Å²) in [6.45, 7) is 0.582. The first-order valence-electron chi connectivity index (χ1n) is 12.6. The summed E-state index contributed by atoms with van der Waals surface area (Å²) >= 11 is 0. The molecule has 4 nitrogen and oxygen atoms in total. The zero-order valence-electron chi connectivity index (χ0n) is 20.4. The Labute approximate surface area is 214 Å². The van der Waals surface area contributed by atoms with Gasteiger partial charge in [0, 0.05) is 0 Å². The number of carbonyl (C=O) groups excluding carboxylic acids is 1. The van der Waals surface area contributed by atoms with Crippen molar-refractivity contribution in [2.45, 2.75) is 25.7 Å². The van der Waals surface area contributed by atoms with Gasteiger partial charge in [-0.2, -0.15) is 0 Å². The Morgan fingerprint density at radius 3 is 1.61 bits per heavy atom. The summed E-state index contributed by atoms with van der Waals surface area (Å²) in [5.74, 6) is -0.757. The minimum atomic E-state index is -2.18. The molecule has 0 saturated heterocycles. The van der Waals surface area contributed by atoms with Gasteiger partial charge in [-0.1, -0.05) is 0 Å². The van der Waals surface area contributed by atoms with Gasteiger partial charge in [0.25, 0.3) is 0 Å². The van der Waals surface area contributed by atoms with E-state index in [0.29, 0.717) is 12.1 Å². The van der Waals surface area contributed by atoms with E-state index in [4.69, 9.17) is 0 Å². The minimum absolute atomic E-state index is 0.229. The van der Waals surface area contributed by atoms with Gasteiger partial charge in [0.05, 0.1) is 0 Å². The molecule has 4 aromatic carbocycles. The summed E-state index contributed by atoms with van der Waals surface area (Å²) in [5.41, 5.74) is 0.342. The van der Waals surface area contributed by atoms with Crippen LogP contribution in [0.2, 0.25) is 0 Å². The average Bonchev–Trinajstić information content (AvgIpc) is 2.93. The summed E-state index contributed by atoms with van der Waals surface area (Å²) in [6, 6.07) is 37.1. The van der Waals surface area contributed by atoms with Crippen molar-refractivity contribution in [3.63, 3.8) is 0 Å². The van der Waals surface area contributed by atoms with Gasteiger partial charge in [0.2, 0.25) is 0 Å². The third kappa shape index (κ3) is 5.95. The van der Waals surface area contributed by atoms with Crippen molar-refractivity contribution in [3.8, 4) is 11.5 Å². The monoisotopic (exact) mass is 499 g/mol. The molecule has 3 N–H and O–H groups in total. The average molecular weight is 500 g/mol. The maximum atomic E-state index is 12.3. The fourth-order valence-corrected chi connectivity index (χ4v) is 9.87. The van der Waals surface area contributed by atoms with Crippen molar-refractivity contribution in [1.82, 2.24) is 5.32 Å². The quantitative estimate of drug-likeness (QED) is 0.153. The van der Waals surface area contributed by atoms with Crippen molar-refractivity contribution in [3.05, 3.63) is 115 Å². The third-order valence-corrected chi connectivity index (χ3v) is 11.9. The molecule has 0 aliphatic rings. The van der Waals surface area contributed by atoms with E-state index in [1.807, 2.05) is 0 Å². The van der Waals surface area contributed by atoms with Crippen LogP contribution < -0.4 is 21.2 Å². The van der Waals surface area contributed by atoms with E-state index in [2.05, 4.69) is 96.3 Å². The molecule has 0 aromatic heterocycles. The van der Waals surface area contributed by atoms with E-state index in [9.17, 15) is 15.0 Å². The maximum absolute atomic E-state index is 12.3. The molecule has 0 bridgehead atoms. The molecule has 0 radical (unpaired) electrons. The van der Waals surface area contributed by atoms with Crippen LogP contribution in [-0.4, -0.2) is 28.8 Å². The van der Waals surface area contributed by atoms with Gasteiger partial charge in [-0.25, -0.2) is 0 Å². The van der Waals surface area contributed by atoms with Gasteiger partial charge in [-0.15, -0.1) is 0 Å². The van der Waals surface area contributed by atoms with E-state index in [0.717, 1.165) is 31.8 Å². The summed E-state index contributed by atoms with van der Waals surface area (Å²) in [5, 5.41) is 26.2. The van der Waals surface area contributed by atoms with Crippen molar-refractivity contribution in [2.24, 2.45) is 0 Å². The Bertz CT molecular complexity index is 1150. The number of aromatic hydroxyl groups is 2. The first-order chi connectivity index (χ1) is 17.6.